The third-order valence-electron chi connectivity index (χ3n) is 2.84. The summed E-state index contributed by atoms with van der Waals surface area (Å²) in [6.45, 7) is 1.62. The van der Waals surface area contributed by atoms with Crippen LogP contribution in [0.4, 0.5) is 0 Å². The van der Waals surface area contributed by atoms with Gasteiger partial charge in [0.25, 0.3) is 5.91 Å². The molecule has 1 aromatic carbocycles. The molecule has 0 spiro atoms. The van der Waals surface area contributed by atoms with Crippen LogP contribution in [0.15, 0.2) is 41.1 Å². The number of hydrogen-bond donors (Lipinski definition) is 2. The minimum absolute atomic E-state index is 0.0318. The second kappa shape index (κ2) is 6.01. The monoisotopic (exact) mass is 274 g/mol. The number of oxazole rings is 1. The molecular weight excluding hydrogens is 260 g/mol. The van der Waals surface area contributed by atoms with E-state index in [4.69, 9.17) is 4.42 Å². The zero-order valence-electron chi connectivity index (χ0n) is 10.9. The number of benzene rings is 1. The van der Waals surface area contributed by atoms with E-state index in [1.165, 1.54) is 0 Å². The van der Waals surface area contributed by atoms with Crippen molar-refractivity contribution >= 4 is 11.9 Å². The molecule has 0 aliphatic rings. The Kier molecular flexibility index (Phi) is 4.14. The first kappa shape index (κ1) is 13.8. The molecule has 1 amide bonds. The van der Waals surface area contributed by atoms with E-state index in [0.717, 1.165) is 12.0 Å². The molecule has 1 atom stereocenters. The van der Waals surface area contributed by atoms with E-state index in [9.17, 15) is 14.7 Å². The van der Waals surface area contributed by atoms with Crippen LogP contribution in [-0.4, -0.2) is 28.0 Å². The topological polar surface area (TPSA) is 92.4 Å². The average molecular weight is 274 g/mol. The molecule has 0 fully saturated rings. The zero-order valence-corrected chi connectivity index (χ0v) is 10.9. The van der Waals surface area contributed by atoms with Crippen LogP contribution in [0.2, 0.25) is 0 Å². The van der Waals surface area contributed by atoms with Crippen molar-refractivity contribution in [2.24, 2.45) is 0 Å². The van der Waals surface area contributed by atoms with E-state index < -0.39 is 17.9 Å². The third-order valence-corrected chi connectivity index (χ3v) is 2.84. The molecule has 0 saturated heterocycles. The molecule has 2 N–H and O–H groups in total. The van der Waals surface area contributed by atoms with Crippen molar-refractivity contribution < 1.29 is 19.1 Å². The van der Waals surface area contributed by atoms with Crippen LogP contribution in [0.1, 0.15) is 21.8 Å². The van der Waals surface area contributed by atoms with E-state index in [2.05, 4.69) is 10.3 Å². The molecule has 0 saturated carbocycles. The Hall–Kier alpha value is -2.63. The minimum Gasteiger partial charge on any atom is -0.480 e. The molecule has 1 heterocycles. The molecular formula is C14H14N2O4. The fourth-order valence-electron chi connectivity index (χ4n) is 1.79. The SMILES string of the molecule is Cc1ncoc1C(=O)NC(Cc1ccccc1)C(=O)O. The summed E-state index contributed by atoms with van der Waals surface area (Å²) in [4.78, 5) is 27.0. The lowest BCUT2D eigenvalue weighted by Gasteiger charge is -2.13. The first-order valence-electron chi connectivity index (χ1n) is 6.05. The van der Waals surface area contributed by atoms with Gasteiger partial charge in [-0.3, -0.25) is 4.79 Å². The van der Waals surface area contributed by atoms with Gasteiger partial charge in [0.15, 0.2) is 6.39 Å². The number of aryl methyl sites for hydroxylation is 1. The maximum absolute atomic E-state index is 11.9. The molecule has 0 radical (unpaired) electrons. The largest absolute Gasteiger partial charge is 0.480 e. The van der Waals surface area contributed by atoms with Crippen molar-refractivity contribution in [2.75, 3.05) is 0 Å². The highest BCUT2D eigenvalue weighted by Gasteiger charge is 2.23. The number of nitrogens with one attached hydrogen (secondary N) is 1. The van der Waals surface area contributed by atoms with Gasteiger partial charge in [0.05, 0.1) is 5.69 Å². The fourth-order valence-corrected chi connectivity index (χ4v) is 1.79. The summed E-state index contributed by atoms with van der Waals surface area (Å²) >= 11 is 0. The Morgan fingerprint density at radius 1 is 1.35 bits per heavy atom. The number of rotatable bonds is 5. The summed E-state index contributed by atoms with van der Waals surface area (Å²) < 4.78 is 4.94. The first-order chi connectivity index (χ1) is 9.58. The van der Waals surface area contributed by atoms with Crippen LogP contribution < -0.4 is 5.32 Å². The lowest BCUT2D eigenvalue weighted by molar-refractivity contribution is -0.139. The van der Waals surface area contributed by atoms with Gasteiger partial charge in [0.1, 0.15) is 6.04 Å². The highest BCUT2D eigenvalue weighted by molar-refractivity contribution is 5.95. The predicted octanol–water partition coefficient (Wildman–Crippen LogP) is 1.41. The number of carboxylic acid groups (broad SMARTS) is 1. The number of carbonyl (C=O) groups excluding carboxylic acids is 1. The van der Waals surface area contributed by atoms with Crippen molar-refractivity contribution in [3.63, 3.8) is 0 Å². The quantitative estimate of drug-likeness (QED) is 0.860. The molecule has 6 heteroatoms. The molecule has 1 aromatic heterocycles. The standard InChI is InChI=1S/C14H14N2O4/c1-9-12(20-8-15-9)13(17)16-11(14(18)19)7-10-5-3-2-4-6-10/h2-6,8,11H,7H2,1H3,(H,16,17)(H,18,19). The van der Waals surface area contributed by atoms with Gasteiger partial charge in [-0.05, 0) is 12.5 Å². The maximum atomic E-state index is 11.9. The van der Waals surface area contributed by atoms with Crippen molar-refractivity contribution in [1.82, 2.24) is 10.3 Å². The molecule has 20 heavy (non-hydrogen) atoms. The van der Waals surface area contributed by atoms with E-state index >= 15 is 0 Å². The summed E-state index contributed by atoms with van der Waals surface area (Å²) in [6, 6.07) is 8.07. The first-order valence-corrected chi connectivity index (χ1v) is 6.05. The van der Waals surface area contributed by atoms with Gasteiger partial charge in [-0.25, -0.2) is 9.78 Å². The van der Waals surface area contributed by atoms with Crippen LogP contribution in [0.25, 0.3) is 0 Å². The number of aliphatic carboxylic acids is 1. The van der Waals surface area contributed by atoms with Gasteiger partial charge in [-0.2, -0.15) is 0 Å². The average Bonchev–Trinajstić information content (AvgIpc) is 2.85. The summed E-state index contributed by atoms with van der Waals surface area (Å²) in [7, 11) is 0. The Bertz CT molecular complexity index is 607. The Morgan fingerprint density at radius 2 is 2.05 bits per heavy atom. The predicted molar refractivity (Wildman–Crippen MR) is 70.3 cm³/mol. The highest BCUT2D eigenvalue weighted by Crippen LogP contribution is 2.07. The Balaban J connectivity index is 2.09. The van der Waals surface area contributed by atoms with Crippen LogP contribution >= 0.6 is 0 Å². The van der Waals surface area contributed by atoms with Crippen molar-refractivity contribution in [3.8, 4) is 0 Å². The molecule has 2 rings (SSSR count). The molecule has 0 bridgehead atoms. The summed E-state index contributed by atoms with van der Waals surface area (Å²) in [5, 5.41) is 11.6. The fraction of sp³-hybridized carbons (Fsp3) is 0.214. The second-order valence-corrected chi connectivity index (χ2v) is 4.32. The van der Waals surface area contributed by atoms with E-state index in [1.807, 2.05) is 30.3 Å². The zero-order chi connectivity index (χ0) is 14.5. The van der Waals surface area contributed by atoms with Crippen molar-refractivity contribution in [1.29, 1.82) is 0 Å². The summed E-state index contributed by atoms with van der Waals surface area (Å²) in [6.07, 6.45) is 1.35. The number of nitrogens with zero attached hydrogens (tertiary/aromatic N) is 1. The molecule has 1 unspecified atom stereocenters. The molecule has 0 aliphatic carbocycles. The van der Waals surface area contributed by atoms with E-state index in [0.29, 0.717) is 5.69 Å². The van der Waals surface area contributed by atoms with Gasteiger partial charge in [0.2, 0.25) is 5.76 Å². The number of carboxylic acids is 1. The van der Waals surface area contributed by atoms with Gasteiger partial charge >= 0.3 is 5.97 Å². The molecule has 2 aromatic rings. The maximum Gasteiger partial charge on any atom is 0.326 e. The lowest BCUT2D eigenvalue weighted by Crippen LogP contribution is -2.42. The summed E-state index contributed by atoms with van der Waals surface area (Å²) in [5.41, 5.74) is 1.25. The normalized spacial score (nSPS) is 11.8. The van der Waals surface area contributed by atoms with Gasteiger partial charge in [0, 0.05) is 6.42 Å². The van der Waals surface area contributed by atoms with Crippen molar-refractivity contribution in [2.45, 2.75) is 19.4 Å². The van der Waals surface area contributed by atoms with Crippen LogP contribution in [0, 0.1) is 6.92 Å². The third kappa shape index (κ3) is 3.23. The second-order valence-electron chi connectivity index (χ2n) is 4.32. The van der Waals surface area contributed by atoms with Crippen molar-refractivity contribution in [3.05, 3.63) is 53.7 Å². The van der Waals surface area contributed by atoms with Gasteiger partial charge in [-0.1, -0.05) is 30.3 Å². The summed E-state index contributed by atoms with van der Waals surface area (Å²) in [5.74, 6) is -1.65. The number of hydrogen-bond acceptors (Lipinski definition) is 4. The van der Waals surface area contributed by atoms with E-state index in [1.54, 1.807) is 6.92 Å². The Labute approximate surface area is 115 Å². The molecule has 104 valence electrons. The van der Waals surface area contributed by atoms with Gasteiger partial charge < -0.3 is 14.8 Å². The van der Waals surface area contributed by atoms with E-state index in [-0.39, 0.29) is 12.2 Å². The number of amides is 1. The Morgan fingerprint density at radius 3 is 2.60 bits per heavy atom. The minimum atomic E-state index is -1.10. The van der Waals surface area contributed by atoms with Crippen LogP contribution in [0.3, 0.4) is 0 Å². The number of aromatic nitrogens is 1. The smallest absolute Gasteiger partial charge is 0.326 e. The number of carbonyl (C=O) groups is 2. The van der Waals surface area contributed by atoms with Crippen LogP contribution in [0.5, 0.6) is 0 Å². The lowest BCUT2D eigenvalue weighted by atomic mass is 10.1. The highest BCUT2D eigenvalue weighted by atomic mass is 16.4. The molecule has 6 nitrogen and oxygen atoms in total. The molecule has 0 aliphatic heterocycles. The van der Waals surface area contributed by atoms with Gasteiger partial charge in [-0.15, -0.1) is 0 Å². The van der Waals surface area contributed by atoms with Crippen LogP contribution in [-0.2, 0) is 11.2 Å².